The lowest BCUT2D eigenvalue weighted by atomic mass is 10.0. The molecular formula is C19H17N5O3. The van der Waals surface area contributed by atoms with E-state index in [1.165, 1.54) is 6.33 Å². The number of amides is 2. The van der Waals surface area contributed by atoms with Gasteiger partial charge < -0.3 is 10.1 Å². The van der Waals surface area contributed by atoms with Gasteiger partial charge in [-0.2, -0.15) is 10.1 Å². The number of nitrogens with zero attached hydrogens (tertiary/aromatic N) is 3. The number of anilines is 2. The Hall–Kier alpha value is -3.68. The van der Waals surface area contributed by atoms with Crippen LogP contribution in [0.25, 0.3) is 0 Å². The number of para-hydroxylation sites is 1. The van der Waals surface area contributed by atoms with E-state index in [0.29, 0.717) is 11.7 Å². The maximum absolute atomic E-state index is 11.9. The van der Waals surface area contributed by atoms with Gasteiger partial charge in [-0.1, -0.05) is 30.3 Å². The van der Waals surface area contributed by atoms with Crippen molar-refractivity contribution in [2.45, 2.75) is 12.5 Å². The molecule has 3 aromatic rings. The number of hydrogen-bond acceptors (Lipinski definition) is 5. The smallest absolute Gasteiger partial charge is 0.262 e. The molecule has 2 heterocycles. The lowest BCUT2D eigenvalue weighted by Gasteiger charge is -2.23. The summed E-state index contributed by atoms with van der Waals surface area (Å²) >= 11 is 0. The van der Waals surface area contributed by atoms with E-state index in [2.05, 4.69) is 20.7 Å². The summed E-state index contributed by atoms with van der Waals surface area (Å²) in [7, 11) is 0. The molecule has 4 rings (SSSR count). The average molecular weight is 363 g/mol. The monoisotopic (exact) mass is 363 g/mol. The molecule has 1 aliphatic heterocycles. The third-order valence-corrected chi connectivity index (χ3v) is 4.19. The van der Waals surface area contributed by atoms with Crippen LogP contribution < -0.4 is 15.4 Å². The zero-order chi connectivity index (χ0) is 18.6. The van der Waals surface area contributed by atoms with E-state index >= 15 is 0 Å². The fraction of sp³-hybridized carbons (Fsp3) is 0.158. The van der Waals surface area contributed by atoms with Crippen LogP contribution in [0.5, 0.6) is 5.75 Å². The Morgan fingerprint density at radius 2 is 1.96 bits per heavy atom. The van der Waals surface area contributed by atoms with Gasteiger partial charge in [0.05, 0.1) is 12.5 Å². The zero-order valence-corrected chi connectivity index (χ0v) is 14.3. The third-order valence-electron chi connectivity index (χ3n) is 4.19. The molecule has 0 saturated heterocycles. The van der Waals surface area contributed by atoms with E-state index in [1.54, 1.807) is 16.8 Å². The van der Waals surface area contributed by atoms with Crippen molar-refractivity contribution in [2.75, 3.05) is 17.2 Å². The third kappa shape index (κ3) is 3.79. The molecule has 2 aromatic carbocycles. The van der Waals surface area contributed by atoms with Gasteiger partial charge in [0.2, 0.25) is 11.9 Å². The molecular weight excluding hydrogens is 346 g/mol. The Balaban J connectivity index is 1.38. The predicted molar refractivity (Wildman–Crippen MR) is 98.4 cm³/mol. The van der Waals surface area contributed by atoms with Gasteiger partial charge in [-0.3, -0.25) is 14.9 Å². The molecule has 0 saturated carbocycles. The van der Waals surface area contributed by atoms with E-state index < -0.39 is 0 Å². The molecule has 8 nitrogen and oxygen atoms in total. The van der Waals surface area contributed by atoms with Gasteiger partial charge in [-0.05, 0) is 29.8 Å². The standard InChI is InChI=1S/C19H17N5O3/c25-17-10-16(24-19(23-17)20-12-21-24)13-6-8-15(9-7-13)27-11-18(26)22-14-4-2-1-3-5-14/h1-9,12,16H,10-11H2,(H,22,26)(H,20,21,23,25)/t16-/m1/s1. The summed E-state index contributed by atoms with van der Waals surface area (Å²) in [6.45, 7) is -0.0900. The number of hydrogen-bond donors (Lipinski definition) is 2. The van der Waals surface area contributed by atoms with E-state index in [1.807, 2.05) is 42.5 Å². The topological polar surface area (TPSA) is 98.1 Å². The molecule has 0 aliphatic carbocycles. The number of carbonyl (C=O) groups is 2. The number of fused-ring (bicyclic) bond motifs is 1. The van der Waals surface area contributed by atoms with Crippen molar-refractivity contribution in [1.82, 2.24) is 14.8 Å². The molecule has 136 valence electrons. The highest BCUT2D eigenvalue weighted by atomic mass is 16.5. The molecule has 1 atom stereocenters. The summed E-state index contributed by atoms with van der Waals surface area (Å²) in [5, 5.41) is 9.62. The van der Waals surface area contributed by atoms with Crippen molar-refractivity contribution in [1.29, 1.82) is 0 Å². The maximum Gasteiger partial charge on any atom is 0.262 e. The molecule has 8 heteroatoms. The Bertz CT molecular complexity index is 953. The van der Waals surface area contributed by atoms with Crippen LogP contribution in [0.15, 0.2) is 60.9 Å². The average Bonchev–Trinajstić information content (AvgIpc) is 3.15. The quantitative estimate of drug-likeness (QED) is 0.724. The van der Waals surface area contributed by atoms with Crippen molar-refractivity contribution >= 4 is 23.5 Å². The highest BCUT2D eigenvalue weighted by Crippen LogP contribution is 2.29. The number of ether oxygens (including phenoxy) is 1. The molecule has 0 bridgehead atoms. The van der Waals surface area contributed by atoms with Crippen molar-refractivity contribution in [3.8, 4) is 5.75 Å². The van der Waals surface area contributed by atoms with Crippen LogP contribution in [0.3, 0.4) is 0 Å². The minimum Gasteiger partial charge on any atom is -0.484 e. The van der Waals surface area contributed by atoms with Gasteiger partial charge in [0.25, 0.3) is 5.91 Å². The second-order valence-corrected chi connectivity index (χ2v) is 6.07. The van der Waals surface area contributed by atoms with Gasteiger partial charge in [0.15, 0.2) is 6.61 Å². The summed E-state index contributed by atoms with van der Waals surface area (Å²) < 4.78 is 7.22. The SMILES string of the molecule is O=C(COc1ccc([C@H]2CC(=O)Nc3ncnn32)cc1)Nc1ccccc1. The predicted octanol–water partition coefficient (Wildman–Crippen LogP) is 2.23. The second kappa shape index (κ2) is 7.28. The van der Waals surface area contributed by atoms with Gasteiger partial charge in [0.1, 0.15) is 12.1 Å². The highest BCUT2D eigenvalue weighted by molar-refractivity contribution is 5.92. The first-order valence-corrected chi connectivity index (χ1v) is 8.46. The van der Waals surface area contributed by atoms with E-state index in [0.717, 1.165) is 11.3 Å². The van der Waals surface area contributed by atoms with Crippen LogP contribution in [0.2, 0.25) is 0 Å². The molecule has 1 aliphatic rings. The van der Waals surface area contributed by atoms with E-state index in [9.17, 15) is 9.59 Å². The summed E-state index contributed by atoms with van der Waals surface area (Å²) in [5.41, 5.74) is 1.64. The summed E-state index contributed by atoms with van der Waals surface area (Å²) in [5.74, 6) is 0.676. The number of benzene rings is 2. The molecule has 2 N–H and O–H groups in total. The summed E-state index contributed by atoms with van der Waals surface area (Å²) in [4.78, 5) is 27.8. The first-order valence-electron chi connectivity index (χ1n) is 8.46. The fourth-order valence-electron chi connectivity index (χ4n) is 2.92. The van der Waals surface area contributed by atoms with Crippen molar-refractivity contribution in [3.05, 3.63) is 66.5 Å². The maximum atomic E-state index is 11.9. The Kier molecular flexibility index (Phi) is 4.52. The first kappa shape index (κ1) is 16.8. The number of carbonyl (C=O) groups excluding carboxylic acids is 2. The molecule has 0 radical (unpaired) electrons. The molecule has 0 fully saturated rings. The molecule has 27 heavy (non-hydrogen) atoms. The van der Waals surface area contributed by atoms with E-state index in [-0.39, 0.29) is 30.9 Å². The molecule has 2 amide bonds. The van der Waals surface area contributed by atoms with Crippen molar-refractivity contribution < 1.29 is 14.3 Å². The highest BCUT2D eigenvalue weighted by Gasteiger charge is 2.27. The van der Waals surface area contributed by atoms with Crippen molar-refractivity contribution in [3.63, 3.8) is 0 Å². The first-order chi connectivity index (χ1) is 13.2. The van der Waals surface area contributed by atoms with Crippen LogP contribution in [0.1, 0.15) is 18.0 Å². The zero-order valence-electron chi connectivity index (χ0n) is 14.3. The van der Waals surface area contributed by atoms with Crippen LogP contribution in [0, 0.1) is 0 Å². The number of rotatable bonds is 5. The Morgan fingerprint density at radius 3 is 2.74 bits per heavy atom. The Morgan fingerprint density at radius 1 is 1.19 bits per heavy atom. The van der Waals surface area contributed by atoms with Crippen LogP contribution in [-0.2, 0) is 9.59 Å². The van der Waals surface area contributed by atoms with Gasteiger partial charge in [-0.15, -0.1) is 0 Å². The van der Waals surface area contributed by atoms with E-state index in [4.69, 9.17) is 4.74 Å². The van der Waals surface area contributed by atoms with Gasteiger partial charge in [-0.25, -0.2) is 4.68 Å². The van der Waals surface area contributed by atoms with Crippen LogP contribution >= 0.6 is 0 Å². The van der Waals surface area contributed by atoms with Crippen molar-refractivity contribution in [2.24, 2.45) is 0 Å². The molecule has 1 aromatic heterocycles. The summed E-state index contributed by atoms with van der Waals surface area (Å²) in [6, 6.07) is 16.2. The minimum absolute atomic E-state index is 0.0900. The lowest BCUT2D eigenvalue weighted by molar-refractivity contribution is -0.118. The molecule has 0 unspecified atom stereocenters. The minimum atomic E-state index is -0.235. The van der Waals surface area contributed by atoms with Crippen LogP contribution in [0.4, 0.5) is 11.6 Å². The fourth-order valence-corrected chi connectivity index (χ4v) is 2.92. The normalized spacial score (nSPS) is 15.6. The van der Waals surface area contributed by atoms with Gasteiger partial charge in [0, 0.05) is 5.69 Å². The number of nitrogens with one attached hydrogen (secondary N) is 2. The molecule has 0 spiro atoms. The Labute approximate surface area is 155 Å². The van der Waals surface area contributed by atoms with Crippen LogP contribution in [-0.4, -0.2) is 33.2 Å². The summed E-state index contributed by atoms with van der Waals surface area (Å²) in [6.07, 6.45) is 1.70. The van der Waals surface area contributed by atoms with Gasteiger partial charge >= 0.3 is 0 Å². The largest absolute Gasteiger partial charge is 0.484 e. The lowest BCUT2D eigenvalue weighted by Crippen LogP contribution is -2.29. The number of aromatic nitrogens is 3. The second-order valence-electron chi connectivity index (χ2n) is 6.07.